The summed E-state index contributed by atoms with van der Waals surface area (Å²) in [5, 5.41) is 10.4. The summed E-state index contributed by atoms with van der Waals surface area (Å²) in [7, 11) is 4.13. The van der Waals surface area contributed by atoms with E-state index < -0.39 is 0 Å². The molecular formula is C18H24N2O. The summed E-state index contributed by atoms with van der Waals surface area (Å²) < 4.78 is 2.24. The third-order valence-corrected chi connectivity index (χ3v) is 4.40. The summed E-state index contributed by atoms with van der Waals surface area (Å²) in [6.07, 6.45) is 3.57. The number of nitrogens with zero attached hydrogens (tertiary/aromatic N) is 2. The minimum Gasteiger partial charge on any atom is -0.388 e. The van der Waals surface area contributed by atoms with Gasteiger partial charge in [-0.2, -0.15) is 0 Å². The molecule has 0 amide bonds. The topological polar surface area (TPSA) is 28.4 Å². The molecule has 3 nitrogen and oxygen atoms in total. The second-order valence-electron chi connectivity index (χ2n) is 7.03. The number of anilines is 1. The van der Waals surface area contributed by atoms with Gasteiger partial charge in [-0.25, -0.2) is 0 Å². The molecule has 3 heteroatoms. The summed E-state index contributed by atoms with van der Waals surface area (Å²) in [5.74, 6) is 0. The Hall–Kier alpha value is -1.74. The molecule has 2 aromatic rings. The second-order valence-corrected chi connectivity index (χ2v) is 7.03. The highest BCUT2D eigenvalue weighted by molar-refractivity contribution is 5.63. The molecule has 0 radical (unpaired) electrons. The third kappa shape index (κ3) is 2.46. The van der Waals surface area contributed by atoms with Crippen LogP contribution in [0.1, 0.15) is 37.6 Å². The molecule has 1 aliphatic carbocycles. The normalized spacial score (nSPS) is 20.1. The van der Waals surface area contributed by atoms with E-state index in [1.807, 2.05) is 0 Å². The molecule has 21 heavy (non-hydrogen) atoms. The lowest BCUT2D eigenvalue weighted by atomic mass is 9.75. The number of hydrogen-bond donors (Lipinski definition) is 1. The standard InChI is InChI=1S/C18H24N2O/c1-18(2)11-16-13(17(21)12-18)9-10-20(16)15-8-6-5-7-14(15)19(3)4/h5-10,17,21H,11-12H2,1-4H3. The van der Waals surface area contributed by atoms with Gasteiger partial charge in [0.15, 0.2) is 0 Å². The molecule has 1 atom stereocenters. The fourth-order valence-corrected chi connectivity index (χ4v) is 3.40. The van der Waals surface area contributed by atoms with Gasteiger partial charge in [-0.1, -0.05) is 26.0 Å². The molecule has 0 fully saturated rings. The first kappa shape index (κ1) is 14.2. The molecule has 3 rings (SSSR count). The van der Waals surface area contributed by atoms with Gasteiger partial charge in [-0.05, 0) is 36.5 Å². The van der Waals surface area contributed by atoms with Gasteiger partial charge in [-0.3, -0.25) is 0 Å². The maximum absolute atomic E-state index is 10.4. The SMILES string of the molecule is CN(C)c1ccccc1-n1ccc2c1CC(C)(C)CC2O. The van der Waals surface area contributed by atoms with E-state index in [2.05, 4.69) is 73.9 Å². The molecular weight excluding hydrogens is 260 g/mol. The highest BCUT2D eigenvalue weighted by atomic mass is 16.3. The van der Waals surface area contributed by atoms with Crippen LogP contribution in [0.25, 0.3) is 5.69 Å². The molecule has 1 aromatic heterocycles. The summed E-state index contributed by atoms with van der Waals surface area (Å²) in [6, 6.07) is 10.5. The summed E-state index contributed by atoms with van der Waals surface area (Å²) in [4.78, 5) is 2.13. The van der Waals surface area contributed by atoms with E-state index in [1.54, 1.807) is 0 Å². The van der Waals surface area contributed by atoms with E-state index in [9.17, 15) is 5.11 Å². The highest BCUT2D eigenvalue weighted by Crippen LogP contribution is 2.42. The molecule has 1 unspecified atom stereocenters. The van der Waals surface area contributed by atoms with Gasteiger partial charge in [0.2, 0.25) is 0 Å². The fraction of sp³-hybridized carbons (Fsp3) is 0.444. The second kappa shape index (κ2) is 4.92. The lowest BCUT2D eigenvalue weighted by Gasteiger charge is -2.34. The molecule has 0 spiro atoms. The van der Waals surface area contributed by atoms with Gasteiger partial charge in [0.05, 0.1) is 17.5 Å². The van der Waals surface area contributed by atoms with Crippen LogP contribution in [0.4, 0.5) is 5.69 Å². The minimum absolute atomic E-state index is 0.135. The van der Waals surface area contributed by atoms with Crippen LogP contribution in [0.15, 0.2) is 36.5 Å². The zero-order valence-electron chi connectivity index (χ0n) is 13.3. The Bertz CT molecular complexity index is 655. The largest absolute Gasteiger partial charge is 0.388 e. The Morgan fingerprint density at radius 3 is 2.62 bits per heavy atom. The zero-order chi connectivity index (χ0) is 15.2. The number of para-hydroxylation sites is 2. The molecule has 0 saturated carbocycles. The quantitative estimate of drug-likeness (QED) is 0.913. The summed E-state index contributed by atoms with van der Waals surface area (Å²) in [5.41, 5.74) is 4.83. The molecule has 1 aliphatic rings. The van der Waals surface area contributed by atoms with Gasteiger partial charge in [0.25, 0.3) is 0 Å². The Morgan fingerprint density at radius 1 is 1.19 bits per heavy atom. The van der Waals surface area contributed by atoms with Gasteiger partial charge in [0.1, 0.15) is 0 Å². The number of fused-ring (bicyclic) bond motifs is 1. The minimum atomic E-state index is -0.350. The summed E-state index contributed by atoms with van der Waals surface area (Å²) in [6.45, 7) is 4.46. The Balaban J connectivity index is 2.15. The van der Waals surface area contributed by atoms with Gasteiger partial charge in [-0.15, -0.1) is 0 Å². The van der Waals surface area contributed by atoms with Crippen molar-refractivity contribution in [3.05, 3.63) is 47.8 Å². The molecule has 112 valence electrons. The predicted octanol–water partition coefficient (Wildman–Crippen LogP) is 3.55. The molecule has 0 bridgehead atoms. The monoisotopic (exact) mass is 284 g/mol. The average molecular weight is 284 g/mol. The smallest absolute Gasteiger partial charge is 0.0812 e. The first-order valence-corrected chi connectivity index (χ1v) is 7.54. The van der Waals surface area contributed by atoms with Crippen LogP contribution < -0.4 is 4.90 Å². The van der Waals surface area contributed by atoms with Crippen LogP contribution in [-0.4, -0.2) is 23.8 Å². The van der Waals surface area contributed by atoms with Crippen molar-refractivity contribution >= 4 is 5.69 Å². The van der Waals surface area contributed by atoms with Crippen molar-refractivity contribution in [2.45, 2.75) is 32.8 Å². The van der Waals surface area contributed by atoms with Crippen LogP contribution in [0.5, 0.6) is 0 Å². The fourth-order valence-electron chi connectivity index (χ4n) is 3.40. The van der Waals surface area contributed by atoms with Crippen molar-refractivity contribution in [2.24, 2.45) is 5.41 Å². The van der Waals surface area contributed by atoms with Gasteiger partial charge >= 0.3 is 0 Å². The average Bonchev–Trinajstić information content (AvgIpc) is 2.80. The maximum Gasteiger partial charge on any atom is 0.0812 e. The predicted molar refractivity (Wildman–Crippen MR) is 87.2 cm³/mol. The first-order chi connectivity index (χ1) is 9.89. The van der Waals surface area contributed by atoms with Crippen LogP contribution in [0.2, 0.25) is 0 Å². The van der Waals surface area contributed by atoms with E-state index in [0.717, 1.165) is 18.4 Å². The van der Waals surface area contributed by atoms with Crippen molar-refractivity contribution in [3.8, 4) is 5.69 Å². The first-order valence-electron chi connectivity index (χ1n) is 7.54. The number of rotatable bonds is 2. The van der Waals surface area contributed by atoms with Crippen molar-refractivity contribution in [3.63, 3.8) is 0 Å². The summed E-state index contributed by atoms with van der Waals surface area (Å²) >= 11 is 0. The van der Waals surface area contributed by atoms with Crippen LogP contribution >= 0.6 is 0 Å². The molecule has 0 saturated heterocycles. The Labute approximate surface area is 126 Å². The number of hydrogen-bond acceptors (Lipinski definition) is 2. The van der Waals surface area contributed by atoms with E-state index in [-0.39, 0.29) is 11.5 Å². The lowest BCUT2D eigenvalue weighted by Crippen LogP contribution is -2.26. The van der Waals surface area contributed by atoms with Crippen molar-refractivity contribution < 1.29 is 5.11 Å². The maximum atomic E-state index is 10.4. The third-order valence-electron chi connectivity index (χ3n) is 4.40. The van der Waals surface area contributed by atoms with E-state index in [4.69, 9.17) is 0 Å². The Morgan fingerprint density at radius 2 is 1.90 bits per heavy atom. The number of aliphatic hydroxyl groups excluding tert-OH is 1. The van der Waals surface area contributed by atoms with Crippen LogP contribution in [-0.2, 0) is 6.42 Å². The van der Waals surface area contributed by atoms with E-state index >= 15 is 0 Å². The number of aliphatic hydroxyl groups is 1. The van der Waals surface area contributed by atoms with Crippen molar-refractivity contribution in [1.29, 1.82) is 0 Å². The Kier molecular flexibility index (Phi) is 3.33. The molecule has 1 heterocycles. The number of benzene rings is 1. The highest BCUT2D eigenvalue weighted by Gasteiger charge is 2.33. The molecule has 1 N–H and O–H groups in total. The van der Waals surface area contributed by atoms with Crippen LogP contribution in [0, 0.1) is 5.41 Å². The number of aromatic nitrogens is 1. The van der Waals surface area contributed by atoms with Crippen LogP contribution in [0.3, 0.4) is 0 Å². The van der Waals surface area contributed by atoms with E-state index in [1.165, 1.54) is 17.1 Å². The van der Waals surface area contributed by atoms with E-state index in [0.29, 0.717) is 0 Å². The van der Waals surface area contributed by atoms with Crippen molar-refractivity contribution in [2.75, 3.05) is 19.0 Å². The molecule has 1 aromatic carbocycles. The molecule has 0 aliphatic heterocycles. The zero-order valence-corrected chi connectivity index (χ0v) is 13.3. The van der Waals surface area contributed by atoms with Gasteiger partial charge in [0, 0.05) is 31.5 Å². The van der Waals surface area contributed by atoms with Crippen molar-refractivity contribution in [1.82, 2.24) is 4.57 Å². The van der Waals surface area contributed by atoms with Gasteiger partial charge < -0.3 is 14.6 Å². The lowest BCUT2D eigenvalue weighted by molar-refractivity contribution is 0.0987.